The Bertz CT molecular complexity index is 2000. The van der Waals surface area contributed by atoms with E-state index < -0.39 is 12.0 Å². The number of nitrogens with zero attached hydrogens (tertiary/aromatic N) is 2. The molecule has 1 aliphatic carbocycles. The van der Waals surface area contributed by atoms with E-state index in [2.05, 4.69) is 141 Å². The minimum absolute atomic E-state index is 0.0487. The number of rotatable bonds is 9. The van der Waals surface area contributed by atoms with Gasteiger partial charge in [0.2, 0.25) is 5.69 Å². The number of benzene rings is 3. The molecule has 3 aromatic rings. The normalized spacial score (nSPS) is 23.8. The molecule has 3 heterocycles. The molecule has 0 saturated carbocycles. The Morgan fingerprint density at radius 1 is 0.941 bits per heavy atom. The molecular weight excluding hydrogens is 651 g/mol. The van der Waals surface area contributed by atoms with Crippen LogP contribution in [0.4, 0.5) is 11.4 Å². The van der Waals surface area contributed by atoms with Gasteiger partial charge in [-0.1, -0.05) is 68.5 Å². The van der Waals surface area contributed by atoms with Crippen LogP contribution in [0.15, 0.2) is 120 Å². The second kappa shape index (κ2) is 14.0. The molecule has 1 saturated heterocycles. The molecule has 7 rings (SSSR count). The number of anilines is 1. The van der Waals surface area contributed by atoms with Crippen LogP contribution in [-0.4, -0.2) is 46.2 Å². The van der Waals surface area contributed by atoms with Crippen LogP contribution in [0.2, 0.25) is 0 Å². The second-order valence-electron chi connectivity index (χ2n) is 14.9. The summed E-state index contributed by atoms with van der Waals surface area (Å²) in [5, 5.41) is 12.6. The zero-order chi connectivity index (χ0) is 35.9. The molecule has 2 unspecified atom stereocenters. The van der Waals surface area contributed by atoms with Crippen molar-refractivity contribution >= 4 is 34.8 Å². The monoisotopic (exact) mass is 700 g/mol. The summed E-state index contributed by atoms with van der Waals surface area (Å²) in [6.07, 6.45) is 12.2. The summed E-state index contributed by atoms with van der Waals surface area (Å²) >= 11 is 1.63. The Balaban J connectivity index is 1.27. The molecule has 2 atom stereocenters. The molecule has 0 spiro atoms. The average molecular weight is 701 g/mol. The molecule has 4 aliphatic rings. The lowest BCUT2D eigenvalue weighted by Gasteiger charge is -2.26. The molecule has 3 aromatic carbocycles. The zero-order valence-corrected chi connectivity index (χ0v) is 31.5. The minimum atomic E-state index is -0.805. The molecular formula is C44H50N3O3S+. The maximum Gasteiger partial charge on any atom is 0.321 e. The first-order valence-corrected chi connectivity index (χ1v) is 19.4. The smallest absolute Gasteiger partial charge is 0.321 e. The quantitative estimate of drug-likeness (QED) is 0.217. The van der Waals surface area contributed by atoms with E-state index in [-0.39, 0.29) is 16.2 Å². The molecule has 264 valence electrons. The summed E-state index contributed by atoms with van der Waals surface area (Å²) in [5.74, 6) is 1.45. The second-order valence-corrected chi connectivity index (χ2v) is 16.0. The third-order valence-electron chi connectivity index (χ3n) is 11.1. The van der Waals surface area contributed by atoms with Crippen molar-refractivity contribution in [1.29, 1.82) is 0 Å². The van der Waals surface area contributed by atoms with Gasteiger partial charge in [0.25, 0.3) is 0 Å². The Kier molecular flexibility index (Phi) is 9.63. The number of allylic oxidation sites excluding steroid dienone is 7. The van der Waals surface area contributed by atoms with Crippen LogP contribution in [0.25, 0.3) is 0 Å². The van der Waals surface area contributed by atoms with E-state index in [1.165, 1.54) is 45.1 Å². The van der Waals surface area contributed by atoms with E-state index in [0.717, 1.165) is 49.4 Å². The van der Waals surface area contributed by atoms with Crippen LogP contribution in [0, 0.1) is 0 Å². The largest absolute Gasteiger partial charge is 0.480 e. The maximum absolute atomic E-state index is 11.5. The molecule has 3 aliphatic heterocycles. The van der Waals surface area contributed by atoms with Crippen molar-refractivity contribution in [2.45, 2.75) is 83.1 Å². The Hall–Kier alpha value is -4.33. The van der Waals surface area contributed by atoms with Crippen molar-refractivity contribution in [3.05, 3.63) is 136 Å². The summed E-state index contributed by atoms with van der Waals surface area (Å²) in [5.41, 5.74) is 11.1. The highest BCUT2D eigenvalue weighted by molar-refractivity contribution is 7.99. The van der Waals surface area contributed by atoms with Crippen LogP contribution in [0.5, 0.6) is 5.75 Å². The number of ether oxygens (including phenoxy) is 1. The fourth-order valence-corrected chi connectivity index (χ4v) is 9.54. The van der Waals surface area contributed by atoms with Gasteiger partial charge in [0, 0.05) is 46.8 Å². The van der Waals surface area contributed by atoms with E-state index in [1.54, 1.807) is 11.8 Å². The standard InChI is InChI=1S/C44H49N3O3S/c1-7-46-36-18-11-9-16-33(36)43(3,4)38(46)26-22-29-14-13-15-30(23-27-39-44(5,6)34-17-10-12-19-37(34)47(39)8-2)40(29)50-32-24-20-31(21-25-32)41-45-35(28-51-41)42(48)49/h9-12,16-27,35,41,45H,7-8,13-15,28H2,1-6H3/p+1. The van der Waals surface area contributed by atoms with Gasteiger partial charge in [0.15, 0.2) is 5.71 Å². The van der Waals surface area contributed by atoms with Crippen molar-refractivity contribution in [2.75, 3.05) is 23.7 Å². The summed E-state index contributed by atoms with van der Waals surface area (Å²) < 4.78 is 9.34. The number of thioether (sulfide) groups is 1. The van der Waals surface area contributed by atoms with E-state index in [0.29, 0.717) is 5.75 Å². The van der Waals surface area contributed by atoms with Gasteiger partial charge in [0.05, 0.1) is 10.8 Å². The van der Waals surface area contributed by atoms with Crippen molar-refractivity contribution in [3.63, 3.8) is 0 Å². The molecule has 7 heteroatoms. The number of carbonyl (C=O) groups is 1. The van der Waals surface area contributed by atoms with Crippen molar-refractivity contribution in [1.82, 2.24) is 5.32 Å². The van der Waals surface area contributed by atoms with Crippen LogP contribution in [0.3, 0.4) is 0 Å². The molecule has 2 N–H and O–H groups in total. The fraction of sp³-hybridized carbons (Fsp3) is 0.364. The maximum atomic E-state index is 11.5. The molecule has 6 nitrogen and oxygen atoms in total. The van der Waals surface area contributed by atoms with Gasteiger partial charge in [-0.05, 0) is 99.6 Å². The van der Waals surface area contributed by atoms with E-state index >= 15 is 0 Å². The van der Waals surface area contributed by atoms with Gasteiger partial charge in [-0.25, -0.2) is 0 Å². The van der Waals surface area contributed by atoms with Crippen LogP contribution in [-0.2, 0) is 15.6 Å². The number of aliphatic carboxylic acids is 1. The van der Waals surface area contributed by atoms with E-state index in [4.69, 9.17) is 4.74 Å². The van der Waals surface area contributed by atoms with Crippen molar-refractivity contribution in [2.24, 2.45) is 0 Å². The number of likely N-dealkylation sites (N-methyl/N-ethyl adjacent to an activating group) is 1. The van der Waals surface area contributed by atoms with Gasteiger partial charge < -0.3 is 14.7 Å². The fourth-order valence-electron chi connectivity index (χ4n) is 8.31. The number of carboxylic acid groups (broad SMARTS) is 1. The number of nitrogens with one attached hydrogen (secondary N) is 1. The third kappa shape index (κ3) is 6.40. The van der Waals surface area contributed by atoms with Crippen LogP contribution >= 0.6 is 11.8 Å². The predicted molar refractivity (Wildman–Crippen MR) is 210 cm³/mol. The summed E-state index contributed by atoms with van der Waals surface area (Å²) in [6.45, 7) is 15.5. The Labute approximate surface area is 307 Å². The van der Waals surface area contributed by atoms with Gasteiger partial charge in [-0.2, -0.15) is 4.58 Å². The summed E-state index contributed by atoms with van der Waals surface area (Å²) in [4.78, 5) is 14.0. The number of carboxylic acids is 1. The number of fused-ring (bicyclic) bond motifs is 2. The van der Waals surface area contributed by atoms with Crippen molar-refractivity contribution in [3.8, 4) is 5.75 Å². The topological polar surface area (TPSA) is 64.8 Å². The lowest BCUT2D eigenvalue weighted by atomic mass is 9.81. The molecule has 1 fully saturated rings. The molecule has 0 aromatic heterocycles. The van der Waals surface area contributed by atoms with Gasteiger partial charge in [-0.3, -0.25) is 10.1 Å². The molecule has 0 amide bonds. The highest BCUT2D eigenvalue weighted by Crippen LogP contribution is 2.48. The molecule has 0 bridgehead atoms. The SMILES string of the molecule is CCN1C(=CC=C2CCCC(C=CC3=[N+](CC)c4ccccc4C3(C)C)=C2Oc2ccc(C3NC(C(=O)O)CS3)cc2)C(C)(C)c2ccccc21. The number of hydrogen-bond acceptors (Lipinski definition) is 5. The van der Waals surface area contributed by atoms with Gasteiger partial charge in [0.1, 0.15) is 24.1 Å². The highest BCUT2D eigenvalue weighted by atomic mass is 32.2. The van der Waals surface area contributed by atoms with Crippen molar-refractivity contribution < 1.29 is 19.2 Å². The van der Waals surface area contributed by atoms with Gasteiger partial charge >= 0.3 is 5.97 Å². The molecule has 51 heavy (non-hydrogen) atoms. The lowest BCUT2D eigenvalue weighted by Crippen LogP contribution is -2.33. The van der Waals surface area contributed by atoms with E-state index in [1.807, 2.05) is 12.1 Å². The van der Waals surface area contributed by atoms with Crippen LogP contribution < -0.4 is 15.0 Å². The Morgan fingerprint density at radius 3 is 2.37 bits per heavy atom. The first-order valence-electron chi connectivity index (χ1n) is 18.4. The minimum Gasteiger partial charge on any atom is -0.480 e. The summed E-state index contributed by atoms with van der Waals surface area (Å²) in [6, 6.07) is 25.2. The van der Waals surface area contributed by atoms with Crippen LogP contribution in [0.1, 0.15) is 82.9 Å². The Morgan fingerprint density at radius 2 is 1.67 bits per heavy atom. The zero-order valence-electron chi connectivity index (χ0n) is 30.7. The van der Waals surface area contributed by atoms with Gasteiger partial charge in [-0.15, -0.1) is 11.8 Å². The highest BCUT2D eigenvalue weighted by Gasteiger charge is 2.43. The lowest BCUT2D eigenvalue weighted by molar-refractivity contribution is -0.433. The first kappa shape index (κ1) is 35.1. The average Bonchev–Trinajstić information content (AvgIpc) is 3.77. The predicted octanol–water partition coefficient (Wildman–Crippen LogP) is 9.57. The number of para-hydroxylation sites is 2. The van der Waals surface area contributed by atoms with E-state index in [9.17, 15) is 9.90 Å². The third-order valence-corrected chi connectivity index (χ3v) is 12.3. The summed E-state index contributed by atoms with van der Waals surface area (Å²) in [7, 11) is 0. The number of hydrogen-bond donors (Lipinski definition) is 2. The first-order chi connectivity index (χ1) is 24.5. The molecule has 0 radical (unpaired) electrons.